The minimum absolute atomic E-state index is 0.0122. The van der Waals surface area contributed by atoms with Crippen LogP contribution in [0.15, 0.2) is 54.2 Å². The van der Waals surface area contributed by atoms with Crippen molar-refractivity contribution in [3.8, 4) is 17.0 Å². The van der Waals surface area contributed by atoms with Crippen LogP contribution in [0, 0.1) is 0 Å². The van der Waals surface area contributed by atoms with Gasteiger partial charge in [0.2, 0.25) is 5.91 Å². The minimum Gasteiger partial charge on any atom is -0.494 e. The fraction of sp³-hybridized carbons (Fsp3) is 0.250. The van der Waals surface area contributed by atoms with E-state index in [9.17, 15) is 4.79 Å². The largest absolute Gasteiger partial charge is 0.494 e. The Morgan fingerprint density at radius 3 is 2.81 bits per heavy atom. The van der Waals surface area contributed by atoms with Gasteiger partial charge >= 0.3 is 0 Å². The zero-order chi connectivity index (χ0) is 18.2. The number of thiazole rings is 1. The molecule has 0 saturated heterocycles. The maximum atomic E-state index is 12.1. The number of amides is 1. The molecule has 5 nitrogen and oxygen atoms in total. The average molecular weight is 367 g/mol. The molecule has 0 aliphatic rings. The molecule has 6 heteroatoms. The van der Waals surface area contributed by atoms with Crippen molar-refractivity contribution in [2.45, 2.75) is 19.8 Å². The molecule has 3 aromatic rings. The average Bonchev–Trinajstić information content (AvgIpc) is 3.13. The van der Waals surface area contributed by atoms with Gasteiger partial charge in [0.05, 0.1) is 23.7 Å². The molecule has 0 saturated carbocycles. The molecule has 1 aromatic carbocycles. The fourth-order valence-corrected chi connectivity index (χ4v) is 3.31. The van der Waals surface area contributed by atoms with Crippen molar-refractivity contribution in [1.29, 1.82) is 0 Å². The number of hydrogen-bond donors (Lipinski definition) is 1. The molecule has 0 unspecified atom stereocenters. The van der Waals surface area contributed by atoms with Crippen molar-refractivity contribution in [1.82, 2.24) is 15.3 Å². The number of pyridine rings is 1. The molecule has 0 aliphatic heterocycles. The maximum absolute atomic E-state index is 12.1. The van der Waals surface area contributed by atoms with Crippen LogP contribution in [0.2, 0.25) is 0 Å². The summed E-state index contributed by atoms with van der Waals surface area (Å²) in [5.74, 6) is 0.836. The smallest absolute Gasteiger partial charge is 0.224 e. The molecule has 1 N–H and O–H groups in total. The number of rotatable bonds is 8. The van der Waals surface area contributed by atoms with Crippen LogP contribution < -0.4 is 10.1 Å². The predicted octanol–water partition coefficient (Wildman–Crippen LogP) is 3.51. The molecule has 2 heterocycles. The number of hydrogen-bond acceptors (Lipinski definition) is 5. The molecule has 3 rings (SSSR count). The summed E-state index contributed by atoms with van der Waals surface area (Å²) >= 11 is 1.60. The van der Waals surface area contributed by atoms with Crippen LogP contribution in [-0.4, -0.2) is 29.0 Å². The van der Waals surface area contributed by atoms with Crippen LogP contribution in [0.3, 0.4) is 0 Å². The molecular weight excluding hydrogens is 346 g/mol. The summed E-state index contributed by atoms with van der Waals surface area (Å²) < 4.78 is 5.40. The van der Waals surface area contributed by atoms with Crippen molar-refractivity contribution in [2.75, 3.05) is 13.2 Å². The standard InChI is InChI=1S/C20H21N3O2S/c1-2-25-17-7-5-15(6-8-17)12-19(24)22-11-9-20-23-18(14-26-20)16-4-3-10-21-13-16/h3-8,10,13-14H,2,9,11-12H2,1H3,(H,22,24). The summed E-state index contributed by atoms with van der Waals surface area (Å²) in [6.45, 7) is 3.17. The van der Waals surface area contributed by atoms with E-state index in [-0.39, 0.29) is 5.91 Å². The molecule has 0 spiro atoms. The van der Waals surface area contributed by atoms with Crippen molar-refractivity contribution in [3.63, 3.8) is 0 Å². The number of carbonyl (C=O) groups excluding carboxylic acids is 1. The normalized spacial score (nSPS) is 10.5. The number of carbonyl (C=O) groups is 1. The van der Waals surface area contributed by atoms with E-state index in [0.717, 1.165) is 34.0 Å². The highest BCUT2D eigenvalue weighted by molar-refractivity contribution is 7.09. The van der Waals surface area contributed by atoms with Crippen LogP contribution in [-0.2, 0) is 17.6 Å². The second-order valence-electron chi connectivity index (χ2n) is 5.72. The Morgan fingerprint density at radius 1 is 1.23 bits per heavy atom. The zero-order valence-electron chi connectivity index (χ0n) is 14.6. The van der Waals surface area contributed by atoms with Gasteiger partial charge in [0, 0.05) is 36.3 Å². The van der Waals surface area contributed by atoms with Crippen molar-refractivity contribution >= 4 is 17.2 Å². The zero-order valence-corrected chi connectivity index (χ0v) is 15.5. The molecule has 0 atom stereocenters. The summed E-state index contributed by atoms with van der Waals surface area (Å²) in [6, 6.07) is 11.5. The third-order valence-electron chi connectivity index (χ3n) is 3.77. The highest BCUT2D eigenvalue weighted by atomic mass is 32.1. The van der Waals surface area contributed by atoms with E-state index in [1.807, 2.05) is 48.7 Å². The lowest BCUT2D eigenvalue weighted by Crippen LogP contribution is -2.27. The molecule has 2 aromatic heterocycles. The Balaban J connectivity index is 1.44. The van der Waals surface area contributed by atoms with E-state index in [0.29, 0.717) is 19.6 Å². The van der Waals surface area contributed by atoms with Gasteiger partial charge in [-0.1, -0.05) is 12.1 Å². The Kier molecular flexibility index (Phi) is 6.33. The molecule has 0 fully saturated rings. The third-order valence-corrected chi connectivity index (χ3v) is 4.68. The number of aromatic nitrogens is 2. The summed E-state index contributed by atoms with van der Waals surface area (Å²) in [7, 11) is 0. The van der Waals surface area contributed by atoms with Crippen molar-refractivity contribution in [2.24, 2.45) is 0 Å². The van der Waals surface area contributed by atoms with E-state index < -0.39 is 0 Å². The monoisotopic (exact) mass is 367 g/mol. The summed E-state index contributed by atoms with van der Waals surface area (Å²) in [4.78, 5) is 20.8. The van der Waals surface area contributed by atoms with E-state index in [4.69, 9.17) is 4.74 Å². The predicted molar refractivity (Wildman–Crippen MR) is 103 cm³/mol. The molecule has 1 amide bonds. The van der Waals surface area contributed by atoms with Gasteiger partial charge in [-0.3, -0.25) is 9.78 Å². The first-order chi connectivity index (χ1) is 12.7. The number of nitrogens with zero attached hydrogens (tertiary/aromatic N) is 2. The second kappa shape index (κ2) is 9.10. The van der Waals surface area contributed by atoms with Gasteiger partial charge in [-0.05, 0) is 36.8 Å². The fourth-order valence-electron chi connectivity index (χ4n) is 2.50. The van der Waals surface area contributed by atoms with Gasteiger partial charge < -0.3 is 10.1 Å². The van der Waals surface area contributed by atoms with Gasteiger partial charge in [-0.15, -0.1) is 11.3 Å². The Labute approximate surface area is 157 Å². The summed E-state index contributed by atoms with van der Waals surface area (Å²) in [5, 5.41) is 5.98. The van der Waals surface area contributed by atoms with E-state index in [1.165, 1.54) is 0 Å². The van der Waals surface area contributed by atoms with E-state index in [1.54, 1.807) is 23.7 Å². The molecule has 26 heavy (non-hydrogen) atoms. The second-order valence-corrected chi connectivity index (χ2v) is 6.66. The van der Waals surface area contributed by atoms with Gasteiger partial charge in [-0.25, -0.2) is 4.98 Å². The lowest BCUT2D eigenvalue weighted by atomic mass is 10.1. The SMILES string of the molecule is CCOc1ccc(CC(=O)NCCc2nc(-c3cccnc3)cs2)cc1. The van der Waals surface area contributed by atoms with Gasteiger partial charge in [0.25, 0.3) is 0 Å². The first kappa shape index (κ1) is 18.1. The van der Waals surface area contributed by atoms with Crippen LogP contribution in [0.1, 0.15) is 17.5 Å². The number of ether oxygens (including phenoxy) is 1. The third kappa shape index (κ3) is 5.13. The van der Waals surface area contributed by atoms with Gasteiger partial charge in [0.1, 0.15) is 5.75 Å². The Hall–Kier alpha value is -2.73. The molecule has 0 aliphatic carbocycles. The quantitative estimate of drug-likeness (QED) is 0.662. The first-order valence-corrected chi connectivity index (χ1v) is 9.46. The summed E-state index contributed by atoms with van der Waals surface area (Å²) in [5.41, 5.74) is 2.91. The highest BCUT2D eigenvalue weighted by Gasteiger charge is 2.07. The molecular formula is C20H21N3O2S. The summed E-state index contributed by atoms with van der Waals surface area (Å²) in [6.07, 6.45) is 4.64. The molecule has 0 bridgehead atoms. The van der Waals surface area contributed by atoms with Gasteiger partial charge in [-0.2, -0.15) is 0 Å². The van der Waals surface area contributed by atoms with E-state index >= 15 is 0 Å². The van der Waals surface area contributed by atoms with Gasteiger partial charge in [0.15, 0.2) is 0 Å². The van der Waals surface area contributed by atoms with Crippen molar-refractivity contribution < 1.29 is 9.53 Å². The lowest BCUT2D eigenvalue weighted by Gasteiger charge is -2.06. The van der Waals surface area contributed by atoms with Crippen molar-refractivity contribution in [3.05, 3.63) is 64.7 Å². The highest BCUT2D eigenvalue weighted by Crippen LogP contribution is 2.20. The van der Waals surface area contributed by atoms with Crippen LogP contribution in [0.4, 0.5) is 0 Å². The van der Waals surface area contributed by atoms with Crippen LogP contribution >= 0.6 is 11.3 Å². The first-order valence-electron chi connectivity index (χ1n) is 8.58. The topological polar surface area (TPSA) is 64.1 Å². The number of nitrogens with one attached hydrogen (secondary N) is 1. The van der Waals surface area contributed by atoms with Crippen LogP contribution in [0.25, 0.3) is 11.3 Å². The molecule has 0 radical (unpaired) electrons. The Bertz CT molecular complexity index is 832. The maximum Gasteiger partial charge on any atom is 0.224 e. The molecule has 134 valence electrons. The Morgan fingerprint density at radius 2 is 2.08 bits per heavy atom. The van der Waals surface area contributed by atoms with Crippen LogP contribution in [0.5, 0.6) is 5.75 Å². The van der Waals surface area contributed by atoms with E-state index in [2.05, 4.69) is 15.3 Å². The minimum atomic E-state index is 0.0122. The number of benzene rings is 1. The lowest BCUT2D eigenvalue weighted by molar-refractivity contribution is -0.120.